The Balaban J connectivity index is 2.28. The Morgan fingerprint density at radius 3 is 2.92 bits per heavy atom. The molecule has 0 unspecified atom stereocenters. The fraction of sp³-hybridized carbons (Fsp3) is 0.455. The summed E-state index contributed by atoms with van der Waals surface area (Å²) in [6.45, 7) is 2.20. The number of rotatable bonds is 5. The maximum atomic E-state index is 5.68. The Labute approximate surface area is 84.7 Å². The van der Waals surface area contributed by atoms with Crippen LogP contribution in [0, 0.1) is 0 Å². The lowest BCUT2D eigenvalue weighted by atomic mass is 10.1. The van der Waals surface area contributed by atoms with Crippen molar-refractivity contribution in [3.63, 3.8) is 0 Å². The normalized spacial score (nSPS) is 10.2. The van der Waals surface area contributed by atoms with Gasteiger partial charge in [0.25, 0.3) is 0 Å². The van der Waals surface area contributed by atoms with Gasteiger partial charge in [0, 0.05) is 5.69 Å². The van der Waals surface area contributed by atoms with Crippen molar-refractivity contribution in [3.8, 4) is 0 Å². The minimum Gasteiger partial charge on any atom is -0.399 e. The lowest BCUT2D eigenvalue weighted by molar-refractivity contribution is 0.934. The first-order valence-corrected chi connectivity index (χ1v) is 5.90. The second-order valence-corrected chi connectivity index (χ2v) is 4.44. The Hall–Kier alpha value is -0.630. The van der Waals surface area contributed by atoms with Gasteiger partial charge in [0.05, 0.1) is 0 Å². The van der Waals surface area contributed by atoms with E-state index in [-0.39, 0.29) is 0 Å². The topological polar surface area (TPSA) is 26.0 Å². The molecule has 1 rings (SSSR count). The molecule has 0 bridgehead atoms. The van der Waals surface area contributed by atoms with Gasteiger partial charge in [-0.25, -0.2) is 0 Å². The second kappa shape index (κ2) is 5.92. The molecule has 0 saturated carbocycles. The average molecular weight is 195 g/mol. The quantitative estimate of drug-likeness (QED) is 0.577. The predicted molar refractivity (Wildman–Crippen MR) is 62.2 cm³/mol. The van der Waals surface area contributed by atoms with E-state index in [1.165, 1.54) is 23.5 Å². The molecule has 1 nitrogen and oxygen atoms in total. The molecule has 0 aliphatic rings. The van der Waals surface area contributed by atoms with Crippen LogP contribution in [0.2, 0.25) is 0 Å². The minimum absolute atomic E-state index is 0.876. The maximum absolute atomic E-state index is 5.68. The summed E-state index contributed by atoms with van der Waals surface area (Å²) in [5.41, 5.74) is 7.92. The van der Waals surface area contributed by atoms with Gasteiger partial charge in [-0.2, -0.15) is 11.8 Å². The van der Waals surface area contributed by atoms with Crippen LogP contribution in [0.4, 0.5) is 5.69 Å². The third-order valence-corrected chi connectivity index (χ3v) is 2.89. The van der Waals surface area contributed by atoms with Crippen LogP contribution in [0.5, 0.6) is 0 Å². The van der Waals surface area contributed by atoms with E-state index in [4.69, 9.17) is 5.73 Å². The van der Waals surface area contributed by atoms with Crippen molar-refractivity contribution in [2.75, 3.05) is 17.2 Å². The zero-order valence-electron chi connectivity index (χ0n) is 8.12. The summed E-state index contributed by atoms with van der Waals surface area (Å²) in [6, 6.07) is 8.17. The summed E-state index contributed by atoms with van der Waals surface area (Å²) in [7, 11) is 0. The van der Waals surface area contributed by atoms with Gasteiger partial charge in [0.2, 0.25) is 0 Å². The number of nitrogen functional groups attached to an aromatic ring is 1. The lowest BCUT2D eigenvalue weighted by Crippen LogP contribution is -1.90. The van der Waals surface area contributed by atoms with Gasteiger partial charge in [-0.1, -0.05) is 19.1 Å². The first kappa shape index (κ1) is 10.5. The summed E-state index contributed by atoms with van der Waals surface area (Å²) < 4.78 is 0. The van der Waals surface area contributed by atoms with Crippen molar-refractivity contribution < 1.29 is 0 Å². The first-order valence-electron chi connectivity index (χ1n) is 4.75. The van der Waals surface area contributed by atoms with Crippen LogP contribution in [0.1, 0.15) is 18.9 Å². The van der Waals surface area contributed by atoms with Crippen LogP contribution in [0.3, 0.4) is 0 Å². The van der Waals surface area contributed by atoms with Crippen molar-refractivity contribution in [2.24, 2.45) is 0 Å². The van der Waals surface area contributed by atoms with E-state index in [0.29, 0.717) is 0 Å². The highest BCUT2D eigenvalue weighted by atomic mass is 32.2. The fourth-order valence-corrected chi connectivity index (χ4v) is 1.91. The molecule has 0 atom stereocenters. The number of hydrogen-bond acceptors (Lipinski definition) is 2. The Kier molecular flexibility index (Phi) is 4.76. The van der Waals surface area contributed by atoms with E-state index in [9.17, 15) is 0 Å². The molecule has 0 radical (unpaired) electrons. The first-order chi connectivity index (χ1) is 6.33. The standard InChI is InChI=1S/C11H17NS/c1-2-13-8-4-6-10-5-3-7-11(12)9-10/h3,5,7,9H,2,4,6,8,12H2,1H3. The Morgan fingerprint density at radius 2 is 2.23 bits per heavy atom. The van der Waals surface area contributed by atoms with Crippen LogP contribution in [-0.2, 0) is 6.42 Å². The molecular formula is C11H17NS. The van der Waals surface area contributed by atoms with Crippen molar-refractivity contribution >= 4 is 17.4 Å². The molecule has 0 fully saturated rings. The van der Waals surface area contributed by atoms with Crippen LogP contribution in [0.25, 0.3) is 0 Å². The molecule has 0 spiro atoms. The van der Waals surface area contributed by atoms with Gasteiger partial charge in [-0.05, 0) is 42.0 Å². The van der Waals surface area contributed by atoms with Gasteiger partial charge >= 0.3 is 0 Å². The SMILES string of the molecule is CCSCCCc1cccc(N)c1. The van der Waals surface area contributed by atoms with Crippen LogP contribution >= 0.6 is 11.8 Å². The van der Waals surface area contributed by atoms with E-state index < -0.39 is 0 Å². The van der Waals surface area contributed by atoms with E-state index in [2.05, 4.69) is 19.1 Å². The third kappa shape index (κ3) is 4.23. The van der Waals surface area contributed by atoms with Crippen LogP contribution in [-0.4, -0.2) is 11.5 Å². The molecule has 13 heavy (non-hydrogen) atoms. The molecule has 0 aromatic heterocycles. The summed E-state index contributed by atoms with van der Waals surface area (Å²) >= 11 is 2.00. The Bertz CT molecular complexity index is 248. The monoisotopic (exact) mass is 195 g/mol. The highest BCUT2D eigenvalue weighted by Gasteiger charge is 1.93. The zero-order valence-corrected chi connectivity index (χ0v) is 8.94. The minimum atomic E-state index is 0.876. The third-order valence-electron chi connectivity index (χ3n) is 1.91. The highest BCUT2D eigenvalue weighted by Crippen LogP contribution is 2.10. The molecule has 0 aliphatic heterocycles. The predicted octanol–water partition coefficient (Wildman–Crippen LogP) is 2.95. The average Bonchev–Trinajstić information content (AvgIpc) is 2.13. The van der Waals surface area contributed by atoms with Crippen LogP contribution in [0.15, 0.2) is 24.3 Å². The summed E-state index contributed by atoms with van der Waals surface area (Å²) in [5, 5.41) is 0. The van der Waals surface area contributed by atoms with Crippen molar-refractivity contribution in [1.82, 2.24) is 0 Å². The molecular weight excluding hydrogens is 178 g/mol. The van der Waals surface area contributed by atoms with Crippen molar-refractivity contribution in [2.45, 2.75) is 19.8 Å². The van der Waals surface area contributed by atoms with Crippen molar-refractivity contribution in [1.29, 1.82) is 0 Å². The molecule has 72 valence electrons. The molecule has 1 aromatic carbocycles. The summed E-state index contributed by atoms with van der Waals surface area (Å²) in [6.07, 6.45) is 2.40. The molecule has 0 aliphatic carbocycles. The lowest BCUT2D eigenvalue weighted by Gasteiger charge is -2.01. The fourth-order valence-electron chi connectivity index (χ4n) is 1.27. The van der Waals surface area contributed by atoms with Gasteiger partial charge in [-0.15, -0.1) is 0 Å². The molecule has 1 aromatic rings. The van der Waals surface area contributed by atoms with E-state index in [1.54, 1.807) is 0 Å². The second-order valence-electron chi connectivity index (χ2n) is 3.05. The van der Waals surface area contributed by atoms with Gasteiger partial charge in [0.15, 0.2) is 0 Å². The van der Waals surface area contributed by atoms with Crippen LogP contribution < -0.4 is 5.73 Å². The number of thioether (sulfide) groups is 1. The molecule has 0 heterocycles. The van der Waals surface area contributed by atoms with Crippen molar-refractivity contribution in [3.05, 3.63) is 29.8 Å². The molecule has 0 amide bonds. The number of nitrogens with two attached hydrogens (primary N) is 1. The molecule has 0 saturated heterocycles. The van der Waals surface area contributed by atoms with E-state index >= 15 is 0 Å². The van der Waals surface area contributed by atoms with E-state index in [0.717, 1.165) is 12.1 Å². The highest BCUT2D eigenvalue weighted by molar-refractivity contribution is 7.99. The molecule has 2 N–H and O–H groups in total. The van der Waals surface area contributed by atoms with Gasteiger partial charge < -0.3 is 5.73 Å². The zero-order chi connectivity index (χ0) is 9.52. The number of anilines is 1. The van der Waals surface area contributed by atoms with Gasteiger partial charge in [0.1, 0.15) is 0 Å². The number of aryl methyl sites for hydroxylation is 1. The van der Waals surface area contributed by atoms with E-state index in [1.807, 2.05) is 23.9 Å². The number of benzene rings is 1. The van der Waals surface area contributed by atoms with Gasteiger partial charge in [-0.3, -0.25) is 0 Å². The summed E-state index contributed by atoms with van der Waals surface area (Å²) in [5.74, 6) is 2.47. The molecule has 2 heteroatoms. The number of hydrogen-bond donors (Lipinski definition) is 1. The smallest absolute Gasteiger partial charge is 0.0316 e. The Morgan fingerprint density at radius 1 is 1.38 bits per heavy atom. The maximum Gasteiger partial charge on any atom is 0.0316 e. The largest absolute Gasteiger partial charge is 0.399 e. The summed E-state index contributed by atoms with van der Waals surface area (Å²) in [4.78, 5) is 0.